The van der Waals surface area contributed by atoms with Gasteiger partial charge in [0.25, 0.3) is 11.8 Å². The molecule has 0 bridgehead atoms. The fraction of sp³-hybridized carbons (Fsp3) is 0.333. The molecule has 0 saturated carbocycles. The van der Waals surface area contributed by atoms with Crippen molar-refractivity contribution >= 4 is 28.7 Å². The van der Waals surface area contributed by atoms with Gasteiger partial charge in [0, 0.05) is 5.39 Å². The van der Waals surface area contributed by atoms with Crippen LogP contribution in [-0.2, 0) is 4.79 Å². The van der Waals surface area contributed by atoms with Crippen LogP contribution in [0.2, 0.25) is 0 Å². The molecule has 4 heterocycles. The zero-order valence-corrected chi connectivity index (χ0v) is 11.9. The minimum Gasteiger partial charge on any atom is -0.446 e. The lowest BCUT2D eigenvalue weighted by Crippen LogP contribution is -2.44. The Bertz CT molecular complexity index is 849. The maximum atomic E-state index is 12.6. The number of aliphatic imine (C=N–C) groups is 1. The summed E-state index contributed by atoms with van der Waals surface area (Å²) in [6.45, 7) is 5.58. The molecule has 0 saturated heterocycles. The number of imide groups is 1. The largest absolute Gasteiger partial charge is 0.446 e. The van der Waals surface area contributed by atoms with E-state index in [9.17, 15) is 9.59 Å². The average molecular weight is 283 g/mol. The standard InChI is InChI=1S/C15H13N3O3/c1-7(2)15(3)14(20)18-11(17-15)10-9(13(18)19)6-8-4-5-21-12(8)16-10/h4-7H,1-3H3. The maximum absolute atomic E-state index is 12.6. The minimum atomic E-state index is -0.914. The van der Waals surface area contributed by atoms with Gasteiger partial charge in [-0.2, -0.15) is 0 Å². The number of hydrogen-bond donors (Lipinski definition) is 0. The molecular formula is C15H13N3O3. The normalized spacial score (nSPS) is 24.0. The Morgan fingerprint density at radius 1 is 1.33 bits per heavy atom. The van der Waals surface area contributed by atoms with Crippen molar-refractivity contribution in [2.24, 2.45) is 10.9 Å². The van der Waals surface area contributed by atoms with E-state index in [0.29, 0.717) is 22.8 Å². The molecule has 0 fully saturated rings. The van der Waals surface area contributed by atoms with Gasteiger partial charge in [0.15, 0.2) is 5.84 Å². The van der Waals surface area contributed by atoms with Crippen molar-refractivity contribution in [2.75, 3.05) is 0 Å². The van der Waals surface area contributed by atoms with Crippen LogP contribution in [0.4, 0.5) is 0 Å². The summed E-state index contributed by atoms with van der Waals surface area (Å²) in [6.07, 6.45) is 1.52. The fourth-order valence-corrected chi connectivity index (χ4v) is 2.72. The summed E-state index contributed by atoms with van der Waals surface area (Å²) in [5.74, 6) is -0.304. The quantitative estimate of drug-likeness (QED) is 0.750. The van der Waals surface area contributed by atoms with E-state index in [4.69, 9.17) is 4.42 Å². The Kier molecular flexibility index (Phi) is 2.09. The lowest BCUT2D eigenvalue weighted by molar-refractivity contribution is -0.130. The molecule has 2 aromatic heterocycles. The van der Waals surface area contributed by atoms with Crippen molar-refractivity contribution in [3.05, 3.63) is 29.7 Å². The first-order valence-electron chi connectivity index (χ1n) is 6.81. The summed E-state index contributed by atoms with van der Waals surface area (Å²) in [5, 5.41) is 0.739. The van der Waals surface area contributed by atoms with Gasteiger partial charge in [0.05, 0.1) is 11.8 Å². The molecule has 0 N–H and O–H groups in total. The number of nitrogens with zero attached hydrogens (tertiary/aromatic N) is 3. The van der Waals surface area contributed by atoms with Crippen LogP contribution in [-0.4, -0.2) is 33.1 Å². The second-order valence-electron chi connectivity index (χ2n) is 5.88. The smallest absolute Gasteiger partial charge is 0.268 e. The van der Waals surface area contributed by atoms with Crippen molar-refractivity contribution in [1.29, 1.82) is 0 Å². The molecule has 0 radical (unpaired) electrons. The van der Waals surface area contributed by atoms with Crippen LogP contribution in [0.3, 0.4) is 0 Å². The Morgan fingerprint density at radius 3 is 2.81 bits per heavy atom. The van der Waals surface area contributed by atoms with E-state index >= 15 is 0 Å². The maximum Gasteiger partial charge on any atom is 0.268 e. The van der Waals surface area contributed by atoms with E-state index < -0.39 is 5.54 Å². The third-order valence-corrected chi connectivity index (χ3v) is 4.40. The molecular weight excluding hydrogens is 270 g/mol. The van der Waals surface area contributed by atoms with Gasteiger partial charge in [0.1, 0.15) is 11.2 Å². The highest BCUT2D eigenvalue weighted by atomic mass is 16.3. The van der Waals surface area contributed by atoms with E-state index in [1.165, 1.54) is 6.26 Å². The molecule has 106 valence electrons. The van der Waals surface area contributed by atoms with Crippen LogP contribution < -0.4 is 0 Å². The average Bonchev–Trinajstić information content (AvgIpc) is 3.07. The van der Waals surface area contributed by atoms with Gasteiger partial charge in [-0.15, -0.1) is 0 Å². The third kappa shape index (κ3) is 1.32. The molecule has 21 heavy (non-hydrogen) atoms. The van der Waals surface area contributed by atoms with Gasteiger partial charge in [-0.25, -0.2) is 14.9 Å². The lowest BCUT2D eigenvalue weighted by Gasteiger charge is -2.24. The first-order valence-corrected chi connectivity index (χ1v) is 6.81. The Morgan fingerprint density at radius 2 is 2.10 bits per heavy atom. The van der Waals surface area contributed by atoms with Crippen molar-refractivity contribution < 1.29 is 14.0 Å². The SMILES string of the molecule is CC(C)C1(C)N=C2c3nc4occc4cc3C(=O)N2C1=O. The number of amides is 2. The fourth-order valence-electron chi connectivity index (χ4n) is 2.72. The van der Waals surface area contributed by atoms with E-state index in [2.05, 4.69) is 9.98 Å². The predicted molar refractivity (Wildman–Crippen MR) is 75.0 cm³/mol. The molecule has 6 nitrogen and oxygen atoms in total. The van der Waals surface area contributed by atoms with Gasteiger partial charge < -0.3 is 4.42 Å². The molecule has 6 heteroatoms. The molecule has 0 aromatic carbocycles. The number of pyridine rings is 1. The molecule has 2 aliphatic rings. The molecule has 0 spiro atoms. The number of aromatic nitrogens is 1. The summed E-state index contributed by atoms with van der Waals surface area (Å²) in [5.41, 5.74) is 0.362. The minimum absolute atomic E-state index is 0.00769. The second kappa shape index (κ2) is 3.58. The highest BCUT2D eigenvalue weighted by molar-refractivity contribution is 6.34. The topological polar surface area (TPSA) is 75.8 Å². The second-order valence-corrected chi connectivity index (χ2v) is 5.88. The number of fused-ring (bicyclic) bond motifs is 4. The highest BCUT2D eigenvalue weighted by Crippen LogP contribution is 2.37. The molecule has 2 aromatic rings. The monoisotopic (exact) mass is 283 g/mol. The Labute approximate surface area is 120 Å². The zero-order chi connectivity index (χ0) is 14.9. The van der Waals surface area contributed by atoms with Crippen molar-refractivity contribution in [1.82, 2.24) is 9.88 Å². The highest BCUT2D eigenvalue weighted by Gasteiger charge is 2.54. The summed E-state index contributed by atoms with van der Waals surface area (Å²) in [4.78, 5) is 35.1. The summed E-state index contributed by atoms with van der Waals surface area (Å²) in [6, 6.07) is 3.44. The van der Waals surface area contributed by atoms with Crippen LogP contribution in [0.5, 0.6) is 0 Å². The predicted octanol–water partition coefficient (Wildman–Crippen LogP) is 1.99. The van der Waals surface area contributed by atoms with Gasteiger partial charge in [-0.05, 0) is 25.0 Å². The summed E-state index contributed by atoms with van der Waals surface area (Å²) in [7, 11) is 0. The number of carbonyl (C=O) groups is 2. The zero-order valence-electron chi connectivity index (χ0n) is 11.9. The van der Waals surface area contributed by atoms with E-state index in [0.717, 1.165) is 10.3 Å². The summed E-state index contributed by atoms with van der Waals surface area (Å²) >= 11 is 0. The van der Waals surface area contributed by atoms with Gasteiger partial charge in [-0.1, -0.05) is 13.8 Å². The van der Waals surface area contributed by atoms with Crippen LogP contribution in [0.25, 0.3) is 11.1 Å². The Hall–Kier alpha value is -2.50. The number of amidine groups is 1. The third-order valence-electron chi connectivity index (χ3n) is 4.40. The van der Waals surface area contributed by atoms with E-state index in [1.54, 1.807) is 19.1 Å². The molecule has 2 aliphatic heterocycles. The van der Waals surface area contributed by atoms with E-state index in [1.807, 2.05) is 13.8 Å². The van der Waals surface area contributed by atoms with Crippen LogP contribution in [0.1, 0.15) is 36.8 Å². The molecule has 1 unspecified atom stereocenters. The molecule has 2 amide bonds. The number of carbonyl (C=O) groups excluding carboxylic acids is 2. The van der Waals surface area contributed by atoms with E-state index in [-0.39, 0.29) is 17.7 Å². The Balaban J connectivity index is 1.99. The van der Waals surface area contributed by atoms with Crippen molar-refractivity contribution in [3.63, 3.8) is 0 Å². The molecule has 1 atom stereocenters. The number of hydrogen-bond acceptors (Lipinski definition) is 5. The first kappa shape index (κ1) is 12.3. The van der Waals surface area contributed by atoms with Gasteiger partial charge in [0.2, 0.25) is 5.71 Å². The first-order chi connectivity index (χ1) is 9.93. The van der Waals surface area contributed by atoms with Crippen molar-refractivity contribution in [3.8, 4) is 0 Å². The number of rotatable bonds is 1. The molecule has 4 rings (SSSR count). The lowest BCUT2D eigenvalue weighted by atomic mass is 9.88. The van der Waals surface area contributed by atoms with Gasteiger partial charge in [-0.3, -0.25) is 9.59 Å². The van der Waals surface area contributed by atoms with Crippen LogP contribution in [0, 0.1) is 5.92 Å². The number of furan rings is 1. The summed E-state index contributed by atoms with van der Waals surface area (Å²) < 4.78 is 5.27. The van der Waals surface area contributed by atoms with Crippen molar-refractivity contribution in [2.45, 2.75) is 26.3 Å². The van der Waals surface area contributed by atoms with Crippen LogP contribution in [0.15, 0.2) is 27.8 Å². The van der Waals surface area contributed by atoms with Crippen LogP contribution >= 0.6 is 0 Å². The molecule has 0 aliphatic carbocycles. The van der Waals surface area contributed by atoms with Gasteiger partial charge >= 0.3 is 0 Å².